The number of carbonyl (C=O) groups excluding carboxylic acids is 1. The largest absolute Gasteiger partial charge is 0.446 e. The molecule has 90 valence electrons. The SMILES string of the molecule is O=C1NC(c2ccccc2)C2CCCCC2O1. The summed E-state index contributed by atoms with van der Waals surface area (Å²) < 4.78 is 5.39. The average Bonchev–Trinajstić information content (AvgIpc) is 2.39. The third kappa shape index (κ3) is 2.02. The maximum Gasteiger partial charge on any atom is 0.407 e. The van der Waals surface area contributed by atoms with E-state index in [1.165, 1.54) is 18.4 Å². The summed E-state index contributed by atoms with van der Waals surface area (Å²) in [5.41, 5.74) is 1.20. The first-order valence-corrected chi connectivity index (χ1v) is 6.37. The van der Waals surface area contributed by atoms with Crippen LogP contribution < -0.4 is 5.32 Å². The Bertz CT molecular complexity index is 404. The van der Waals surface area contributed by atoms with Crippen LogP contribution in [0.4, 0.5) is 4.79 Å². The summed E-state index contributed by atoms with van der Waals surface area (Å²) in [4.78, 5) is 11.6. The van der Waals surface area contributed by atoms with Crippen molar-refractivity contribution < 1.29 is 9.53 Å². The molecule has 3 heteroatoms. The van der Waals surface area contributed by atoms with Gasteiger partial charge in [0.1, 0.15) is 6.10 Å². The van der Waals surface area contributed by atoms with Crippen molar-refractivity contribution >= 4 is 6.09 Å². The number of fused-ring (bicyclic) bond motifs is 1. The first-order chi connectivity index (χ1) is 8.34. The van der Waals surface area contributed by atoms with E-state index < -0.39 is 0 Å². The second-order valence-corrected chi connectivity index (χ2v) is 4.92. The molecule has 1 aliphatic heterocycles. The minimum atomic E-state index is -0.262. The van der Waals surface area contributed by atoms with Gasteiger partial charge in [0.15, 0.2) is 0 Å². The Morgan fingerprint density at radius 1 is 1.12 bits per heavy atom. The molecule has 1 saturated heterocycles. The Morgan fingerprint density at radius 3 is 2.71 bits per heavy atom. The zero-order chi connectivity index (χ0) is 11.7. The van der Waals surface area contributed by atoms with Crippen LogP contribution in [-0.4, -0.2) is 12.2 Å². The molecule has 1 aromatic carbocycles. The highest BCUT2D eigenvalue weighted by Gasteiger charge is 2.40. The van der Waals surface area contributed by atoms with Gasteiger partial charge in [-0.15, -0.1) is 0 Å². The molecule has 1 aromatic rings. The number of ether oxygens (including phenoxy) is 1. The number of hydrogen-bond donors (Lipinski definition) is 1. The number of carbonyl (C=O) groups is 1. The lowest BCUT2D eigenvalue weighted by molar-refractivity contribution is -0.00765. The summed E-state index contributed by atoms with van der Waals surface area (Å²) in [6.45, 7) is 0. The van der Waals surface area contributed by atoms with Gasteiger partial charge in [-0.05, 0) is 24.8 Å². The smallest absolute Gasteiger partial charge is 0.407 e. The molecule has 0 bridgehead atoms. The summed E-state index contributed by atoms with van der Waals surface area (Å²) in [7, 11) is 0. The molecule has 1 N–H and O–H groups in total. The van der Waals surface area contributed by atoms with Crippen molar-refractivity contribution in [1.29, 1.82) is 0 Å². The fraction of sp³-hybridized carbons (Fsp3) is 0.500. The number of rotatable bonds is 1. The van der Waals surface area contributed by atoms with Crippen LogP contribution >= 0.6 is 0 Å². The van der Waals surface area contributed by atoms with Gasteiger partial charge in [0.05, 0.1) is 6.04 Å². The fourth-order valence-electron chi connectivity index (χ4n) is 3.05. The molecule has 1 amide bonds. The molecule has 17 heavy (non-hydrogen) atoms. The molecule has 1 saturated carbocycles. The summed E-state index contributed by atoms with van der Waals surface area (Å²) in [5, 5.41) is 2.97. The van der Waals surface area contributed by atoms with Crippen LogP contribution in [0, 0.1) is 5.92 Å². The Morgan fingerprint density at radius 2 is 1.88 bits per heavy atom. The van der Waals surface area contributed by atoms with Crippen molar-refractivity contribution in [3.8, 4) is 0 Å². The number of alkyl carbamates (subject to hydrolysis) is 1. The van der Waals surface area contributed by atoms with Gasteiger partial charge in [-0.25, -0.2) is 4.79 Å². The maximum atomic E-state index is 11.6. The van der Waals surface area contributed by atoms with Gasteiger partial charge in [0.25, 0.3) is 0 Å². The van der Waals surface area contributed by atoms with Crippen molar-refractivity contribution in [2.24, 2.45) is 5.92 Å². The standard InChI is InChI=1S/C14H17NO2/c16-14-15-13(10-6-2-1-3-7-10)11-8-4-5-9-12(11)17-14/h1-3,6-7,11-13H,4-5,8-9H2,(H,15,16). The van der Waals surface area contributed by atoms with E-state index in [2.05, 4.69) is 17.4 Å². The molecule has 0 spiro atoms. The maximum absolute atomic E-state index is 11.6. The molecular formula is C14H17NO2. The predicted octanol–water partition coefficient (Wildman–Crippen LogP) is 3.03. The van der Waals surface area contributed by atoms with Crippen molar-refractivity contribution in [3.05, 3.63) is 35.9 Å². The topological polar surface area (TPSA) is 38.3 Å². The van der Waals surface area contributed by atoms with Crippen LogP contribution in [-0.2, 0) is 4.74 Å². The number of hydrogen-bond acceptors (Lipinski definition) is 2. The van der Waals surface area contributed by atoms with Gasteiger partial charge in [0, 0.05) is 5.92 Å². The highest BCUT2D eigenvalue weighted by molar-refractivity contribution is 5.69. The van der Waals surface area contributed by atoms with Crippen molar-refractivity contribution in [2.45, 2.75) is 37.8 Å². The summed E-state index contributed by atoms with van der Waals surface area (Å²) in [6, 6.07) is 10.3. The van der Waals surface area contributed by atoms with E-state index in [-0.39, 0.29) is 18.2 Å². The fourth-order valence-corrected chi connectivity index (χ4v) is 3.05. The second kappa shape index (κ2) is 4.40. The van der Waals surface area contributed by atoms with Crippen LogP contribution in [0.25, 0.3) is 0 Å². The first-order valence-electron chi connectivity index (χ1n) is 6.37. The van der Waals surface area contributed by atoms with Gasteiger partial charge in [-0.3, -0.25) is 0 Å². The number of amides is 1. The lowest BCUT2D eigenvalue weighted by atomic mass is 9.78. The lowest BCUT2D eigenvalue weighted by Crippen LogP contribution is -2.48. The number of benzene rings is 1. The molecule has 3 unspecified atom stereocenters. The molecule has 3 rings (SSSR count). The summed E-state index contributed by atoms with van der Waals surface area (Å²) in [5.74, 6) is 0.434. The lowest BCUT2D eigenvalue weighted by Gasteiger charge is -2.41. The average molecular weight is 231 g/mol. The first kappa shape index (κ1) is 10.6. The van der Waals surface area contributed by atoms with Crippen molar-refractivity contribution in [3.63, 3.8) is 0 Å². The van der Waals surface area contributed by atoms with Crippen LogP contribution in [0.3, 0.4) is 0 Å². The molecule has 3 nitrogen and oxygen atoms in total. The Kier molecular flexibility index (Phi) is 2.75. The van der Waals surface area contributed by atoms with Crippen LogP contribution in [0.1, 0.15) is 37.3 Å². The van der Waals surface area contributed by atoms with E-state index in [1.54, 1.807) is 0 Å². The summed E-state index contributed by atoms with van der Waals surface area (Å²) >= 11 is 0. The summed E-state index contributed by atoms with van der Waals surface area (Å²) in [6.07, 6.45) is 4.43. The van der Waals surface area contributed by atoms with E-state index in [0.29, 0.717) is 5.92 Å². The molecule has 0 radical (unpaired) electrons. The number of nitrogens with one attached hydrogen (secondary N) is 1. The van der Waals surface area contributed by atoms with Crippen molar-refractivity contribution in [2.75, 3.05) is 0 Å². The van der Waals surface area contributed by atoms with Gasteiger partial charge in [0.2, 0.25) is 0 Å². The molecular weight excluding hydrogens is 214 g/mol. The minimum absolute atomic E-state index is 0.114. The molecule has 2 fully saturated rings. The highest BCUT2D eigenvalue weighted by Crippen LogP contribution is 2.38. The second-order valence-electron chi connectivity index (χ2n) is 4.92. The van der Waals surface area contributed by atoms with Gasteiger partial charge in [-0.1, -0.05) is 36.8 Å². The molecule has 1 heterocycles. The van der Waals surface area contributed by atoms with E-state index in [0.717, 1.165) is 12.8 Å². The van der Waals surface area contributed by atoms with Gasteiger partial charge >= 0.3 is 6.09 Å². The normalized spacial score (nSPS) is 32.2. The quantitative estimate of drug-likeness (QED) is 0.806. The van der Waals surface area contributed by atoms with Crippen molar-refractivity contribution in [1.82, 2.24) is 5.32 Å². The predicted molar refractivity (Wildman–Crippen MR) is 64.5 cm³/mol. The Balaban J connectivity index is 1.88. The van der Waals surface area contributed by atoms with Gasteiger partial charge < -0.3 is 10.1 Å². The van der Waals surface area contributed by atoms with E-state index >= 15 is 0 Å². The molecule has 1 aliphatic carbocycles. The van der Waals surface area contributed by atoms with Gasteiger partial charge in [-0.2, -0.15) is 0 Å². The Hall–Kier alpha value is -1.51. The minimum Gasteiger partial charge on any atom is -0.446 e. The van der Waals surface area contributed by atoms with Crippen LogP contribution in [0.2, 0.25) is 0 Å². The van der Waals surface area contributed by atoms with E-state index in [1.807, 2.05) is 18.2 Å². The van der Waals surface area contributed by atoms with E-state index in [9.17, 15) is 4.79 Å². The van der Waals surface area contributed by atoms with E-state index in [4.69, 9.17) is 4.74 Å². The zero-order valence-corrected chi connectivity index (χ0v) is 9.76. The third-order valence-electron chi connectivity index (χ3n) is 3.87. The molecule has 2 aliphatic rings. The Labute approximate surface area is 101 Å². The highest BCUT2D eigenvalue weighted by atomic mass is 16.6. The van der Waals surface area contributed by atoms with Crippen LogP contribution in [0.15, 0.2) is 30.3 Å². The monoisotopic (exact) mass is 231 g/mol. The third-order valence-corrected chi connectivity index (χ3v) is 3.87. The van der Waals surface area contributed by atoms with Crippen LogP contribution in [0.5, 0.6) is 0 Å². The zero-order valence-electron chi connectivity index (χ0n) is 9.76. The molecule has 3 atom stereocenters. The molecule has 0 aromatic heterocycles.